The van der Waals surface area contributed by atoms with Crippen molar-refractivity contribution in [3.8, 4) is 0 Å². The van der Waals surface area contributed by atoms with Crippen molar-refractivity contribution < 1.29 is 9.84 Å². The van der Waals surface area contributed by atoms with Gasteiger partial charge >= 0.3 is 0 Å². The van der Waals surface area contributed by atoms with Gasteiger partial charge in [0, 0.05) is 0 Å². The third kappa shape index (κ3) is 4.43. The first-order valence-corrected chi connectivity index (χ1v) is 3.24. The zero-order valence-electron chi connectivity index (χ0n) is 6.60. The second-order valence-corrected chi connectivity index (χ2v) is 3.07. The van der Waals surface area contributed by atoms with Crippen LogP contribution in [0.2, 0.25) is 0 Å². The molecule has 2 heteroatoms. The maximum atomic E-state index is 10.4. The summed E-state index contributed by atoms with van der Waals surface area (Å²) in [6.07, 6.45) is 0.147. The van der Waals surface area contributed by atoms with Crippen molar-refractivity contribution in [3.05, 3.63) is 0 Å². The van der Waals surface area contributed by atoms with Crippen LogP contribution in [0.15, 0.2) is 0 Å². The van der Waals surface area contributed by atoms with Gasteiger partial charge in [-0.2, -0.15) is 0 Å². The predicted octanol–water partition coefficient (Wildman–Crippen LogP) is 1.62. The third-order valence-electron chi connectivity index (χ3n) is 0.902. The second kappa shape index (κ2) is 3.18. The van der Waals surface area contributed by atoms with Crippen LogP contribution in [0.3, 0.4) is 0 Å². The normalized spacial score (nSPS) is 12.7. The molecule has 1 radical (unpaired) electrons. The number of rotatable bonds is 3. The summed E-state index contributed by atoms with van der Waals surface area (Å²) >= 11 is 0. The lowest BCUT2D eigenvalue weighted by Gasteiger charge is -2.23. The fourth-order valence-corrected chi connectivity index (χ4v) is 0.672. The first-order chi connectivity index (χ1) is 3.98. The highest BCUT2D eigenvalue weighted by Crippen LogP contribution is 2.10. The van der Waals surface area contributed by atoms with Crippen molar-refractivity contribution in [2.24, 2.45) is 0 Å². The van der Waals surface area contributed by atoms with E-state index >= 15 is 0 Å². The van der Waals surface area contributed by atoms with Gasteiger partial charge in [0.15, 0.2) is 0 Å². The van der Waals surface area contributed by atoms with Crippen LogP contribution < -0.4 is 0 Å². The zero-order chi connectivity index (χ0) is 7.49. The monoisotopic (exact) mass is 131 g/mol. The molecule has 0 rings (SSSR count). The van der Waals surface area contributed by atoms with Crippen molar-refractivity contribution in [1.82, 2.24) is 0 Å². The van der Waals surface area contributed by atoms with Gasteiger partial charge in [0.1, 0.15) is 6.61 Å². The summed E-state index contributed by atoms with van der Waals surface area (Å²) in [4.78, 5) is 0. The van der Waals surface area contributed by atoms with Crippen molar-refractivity contribution in [2.45, 2.75) is 39.4 Å². The lowest BCUT2D eigenvalue weighted by molar-refractivity contribution is -0.0985. The molecule has 55 valence electrons. The Balaban J connectivity index is 3.58. The molecule has 0 aliphatic rings. The van der Waals surface area contributed by atoms with E-state index in [9.17, 15) is 5.11 Å². The van der Waals surface area contributed by atoms with Gasteiger partial charge < -0.3 is 4.74 Å². The van der Waals surface area contributed by atoms with Gasteiger partial charge in [0.25, 0.3) is 0 Å². The molecule has 0 fully saturated rings. The van der Waals surface area contributed by atoms with Gasteiger partial charge in [-0.1, -0.05) is 0 Å². The molecule has 0 aliphatic heterocycles. The Labute approximate surface area is 56.8 Å². The van der Waals surface area contributed by atoms with Crippen molar-refractivity contribution in [1.29, 1.82) is 0 Å². The highest BCUT2D eigenvalue weighted by molar-refractivity contribution is 4.66. The summed E-state index contributed by atoms with van der Waals surface area (Å²) in [6.45, 7) is 7.29. The van der Waals surface area contributed by atoms with Crippen LogP contribution in [0.1, 0.15) is 27.7 Å². The smallest absolute Gasteiger partial charge is 0.111 e. The van der Waals surface area contributed by atoms with E-state index in [2.05, 4.69) is 0 Å². The van der Waals surface area contributed by atoms with Crippen LogP contribution >= 0.6 is 0 Å². The van der Waals surface area contributed by atoms with Gasteiger partial charge in [-0.25, -0.2) is 5.11 Å². The van der Waals surface area contributed by atoms with E-state index in [0.29, 0.717) is 0 Å². The SMILES string of the molecule is CC(C)OC(C)(C)C[O]. The van der Waals surface area contributed by atoms with E-state index < -0.39 is 5.60 Å². The highest BCUT2D eigenvalue weighted by atomic mass is 16.5. The minimum atomic E-state index is -0.492. The Morgan fingerprint density at radius 3 is 2.00 bits per heavy atom. The van der Waals surface area contributed by atoms with Crippen LogP contribution in [0.25, 0.3) is 0 Å². The molecule has 2 nitrogen and oxygen atoms in total. The molecule has 0 unspecified atom stereocenters. The highest BCUT2D eigenvalue weighted by Gasteiger charge is 2.18. The van der Waals surface area contributed by atoms with E-state index in [-0.39, 0.29) is 12.7 Å². The van der Waals surface area contributed by atoms with E-state index in [0.717, 1.165) is 0 Å². The minimum Gasteiger partial charge on any atom is -0.370 e. The average molecular weight is 131 g/mol. The summed E-state index contributed by atoms with van der Waals surface area (Å²) in [5, 5.41) is 10.4. The maximum absolute atomic E-state index is 10.4. The molecule has 0 saturated heterocycles. The lowest BCUT2D eigenvalue weighted by atomic mass is 10.1. The molecule has 0 bridgehead atoms. The number of hydrogen-bond donors (Lipinski definition) is 0. The Morgan fingerprint density at radius 1 is 1.44 bits per heavy atom. The minimum absolute atomic E-state index is 0.147. The largest absolute Gasteiger partial charge is 0.370 e. The van der Waals surface area contributed by atoms with Crippen molar-refractivity contribution in [3.63, 3.8) is 0 Å². The predicted molar refractivity (Wildman–Crippen MR) is 35.9 cm³/mol. The van der Waals surface area contributed by atoms with E-state index in [1.165, 1.54) is 0 Å². The molecular formula is C7H15O2. The summed E-state index contributed by atoms with van der Waals surface area (Å²) < 4.78 is 5.27. The van der Waals surface area contributed by atoms with Crippen LogP contribution in [0, 0.1) is 0 Å². The number of ether oxygens (including phenoxy) is 1. The summed E-state index contributed by atoms with van der Waals surface area (Å²) in [6, 6.07) is 0. The van der Waals surface area contributed by atoms with Crippen molar-refractivity contribution >= 4 is 0 Å². The van der Waals surface area contributed by atoms with Crippen LogP contribution in [-0.4, -0.2) is 18.3 Å². The summed E-state index contributed by atoms with van der Waals surface area (Å²) in [7, 11) is 0. The Bertz CT molecular complexity index is 77.0. The average Bonchev–Trinajstić information content (AvgIpc) is 1.63. The first kappa shape index (κ1) is 8.92. The third-order valence-corrected chi connectivity index (χ3v) is 0.902. The molecule has 0 aromatic carbocycles. The molecule has 0 heterocycles. The molecule has 0 aromatic heterocycles. The standard InChI is InChI=1S/C7H15O2/c1-6(2)9-7(3,4)5-8/h6H,5H2,1-4H3. The second-order valence-electron chi connectivity index (χ2n) is 3.07. The molecule has 0 aliphatic carbocycles. The molecule has 0 amide bonds. The van der Waals surface area contributed by atoms with Crippen LogP contribution in [-0.2, 0) is 9.84 Å². The summed E-state index contributed by atoms with van der Waals surface area (Å²) in [5.74, 6) is 0. The number of hydrogen-bond acceptors (Lipinski definition) is 1. The Hall–Kier alpha value is -0.0800. The van der Waals surface area contributed by atoms with Crippen molar-refractivity contribution in [2.75, 3.05) is 6.61 Å². The fourth-order valence-electron chi connectivity index (χ4n) is 0.672. The molecule has 0 spiro atoms. The van der Waals surface area contributed by atoms with Gasteiger partial charge in [-0.3, -0.25) is 0 Å². The van der Waals surface area contributed by atoms with Gasteiger partial charge in [-0.05, 0) is 27.7 Å². The molecule has 0 saturated carbocycles. The Morgan fingerprint density at radius 2 is 1.89 bits per heavy atom. The van der Waals surface area contributed by atoms with Crippen LogP contribution in [0.4, 0.5) is 0 Å². The molecular weight excluding hydrogens is 116 g/mol. The van der Waals surface area contributed by atoms with Gasteiger partial charge in [0.05, 0.1) is 11.7 Å². The molecule has 9 heavy (non-hydrogen) atoms. The van der Waals surface area contributed by atoms with E-state index in [1.54, 1.807) is 13.8 Å². The maximum Gasteiger partial charge on any atom is 0.111 e. The van der Waals surface area contributed by atoms with E-state index in [1.807, 2.05) is 13.8 Å². The first-order valence-electron chi connectivity index (χ1n) is 3.24. The molecule has 0 aromatic rings. The summed E-state index contributed by atoms with van der Waals surface area (Å²) in [5.41, 5.74) is -0.492. The molecule has 0 N–H and O–H groups in total. The Kier molecular flexibility index (Phi) is 3.15. The lowest BCUT2D eigenvalue weighted by Crippen LogP contribution is -2.31. The van der Waals surface area contributed by atoms with Crippen LogP contribution in [0.5, 0.6) is 0 Å². The van der Waals surface area contributed by atoms with Gasteiger partial charge in [0.2, 0.25) is 0 Å². The fraction of sp³-hybridized carbons (Fsp3) is 1.00. The van der Waals surface area contributed by atoms with Gasteiger partial charge in [-0.15, -0.1) is 0 Å². The topological polar surface area (TPSA) is 29.1 Å². The zero-order valence-corrected chi connectivity index (χ0v) is 6.60. The molecule has 0 atom stereocenters. The quantitative estimate of drug-likeness (QED) is 0.572. The van der Waals surface area contributed by atoms with E-state index in [4.69, 9.17) is 4.74 Å².